The Kier molecular flexibility index (Phi) is 3.99. The molecular formula is C19H21NO3. The molecule has 0 saturated carbocycles. The lowest BCUT2D eigenvalue weighted by molar-refractivity contribution is 0.0619. The summed E-state index contributed by atoms with van der Waals surface area (Å²) in [7, 11) is 1.59. The number of carbonyl (C=O) groups is 1. The van der Waals surface area contributed by atoms with Gasteiger partial charge in [0.15, 0.2) is 0 Å². The van der Waals surface area contributed by atoms with Gasteiger partial charge in [0, 0.05) is 17.5 Å². The first-order chi connectivity index (χ1) is 11.0. The molecular weight excluding hydrogens is 290 g/mol. The molecule has 0 unspecified atom stereocenters. The van der Waals surface area contributed by atoms with E-state index in [1.807, 2.05) is 50.2 Å². The molecule has 0 spiro atoms. The van der Waals surface area contributed by atoms with Crippen LogP contribution in [0.4, 0.5) is 0 Å². The number of hydrogen-bond acceptors (Lipinski definition) is 3. The zero-order chi connectivity index (χ0) is 16.4. The van der Waals surface area contributed by atoms with E-state index in [0.717, 1.165) is 17.7 Å². The highest BCUT2D eigenvalue weighted by atomic mass is 16.5. The molecule has 1 atom stereocenters. The maximum atomic E-state index is 12.6. The molecule has 0 aliphatic carbocycles. The van der Waals surface area contributed by atoms with E-state index in [2.05, 4.69) is 5.32 Å². The molecule has 0 fully saturated rings. The highest BCUT2D eigenvalue weighted by Crippen LogP contribution is 2.39. The molecule has 2 aromatic carbocycles. The van der Waals surface area contributed by atoms with Crippen molar-refractivity contribution in [3.8, 4) is 11.5 Å². The lowest BCUT2D eigenvalue weighted by Crippen LogP contribution is -2.41. The van der Waals surface area contributed by atoms with Crippen molar-refractivity contribution < 1.29 is 14.3 Å². The summed E-state index contributed by atoms with van der Waals surface area (Å²) >= 11 is 0. The number of carbonyl (C=O) groups excluding carboxylic acids is 1. The van der Waals surface area contributed by atoms with Gasteiger partial charge in [-0.15, -0.1) is 0 Å². The van der Waals surface area contributed by atoms with Crippen LogP contribution in [-0.2, 0) is 0 Å². The first-order valence-electron chi connectivity index (χ1n) is 7.71. The maximum absolute atomic E-state index is 12.6. The van der Waals surface area contributed by atoms with Crippen molar-refractivity contribution in [3.63, 3.8) is 0 Å². The van der Waals surface area contributed by atoms with Crippen molar-refractivity contribution in [2.24, 2.45) is 0 Å². The number of methoxy groups -OCH3 is 1. The third-order valence-corrected chi connectivity index (χ3v) is 4.01. The van der Waals surface area contributed by atoms with Gasteiger partial charge in [-0.05, 0) is 38.1 Å². The van der Waals surface area contributed by atoms with Crippen molar-refractivity contribution >= 4 is 5.91 Å². The topological polar surface area (TPSA) is 47.6 Å². The number of amides is 1. The van der Waals surface area contributed by atoms with E-state index >= 15 is 0 Å². The molecule has 0 bridgehead atoms. The Morgan fingerprint density at radius 3 is 2.78 bits per heavy atom. The average Bonchev–Trinajstić information content (AvgIpc) is 2.53. The van der Waals surface area contributed by atoms with E-state index in [1.165, 1.54) is 0 Å². The van der Waals surface area contributed by atoms with E-state index in [4.69, 9.17) is 9.47 Å². The summed E-state index contributed by atoms with van der Waals surface area (Å²) in [6.07, 6.45) is 0.722. The van der Waals surface area contributed by atoms with Crippen LogP contribution < -0.4 is 14.8 Å². The Morgan fingerprint density at radius 2 is 2.00 bits per heavy atom. The maximum Gasteiger partial charge on any atom is 0.251 e. The molecule has 1 amide bonds. The van der Waals surface area contributed by atoms with E-state index in [9.17, 15) is 4.79 Å². The normalized spacial score (nSPS) is 18.5. The molecule has 1 aliphatic heterocycles. The molecule has 0 aromatic heterocycles. The number of rotatable bonds is 3. The van der Waals surface area contributed by atoms with Crippen molar-refractivity contribution in [3.05, 3.63) is 59.7 Å². The fourth-order valence-electron chi connectivity index (χ4n) is 2.94. The average molecular weight is 311 g/mol. The second-order valence-electron chi connectivity index (χ2n) is 6.36. The standard InChI is InChI=1S/C19H21NO3/c1-19(2)12-16(15-9-4-5-10-17(15)23-19)20-18(21)13-7-6-8-14(11-13)22-3/h4-11,16H,12H2,1-3H3,(H,20,21)/t16-/m0/s1. The molecule has 0 radical (unpaired) electrons. The van der Waals surface area contributed by atoms with Gasteiger partial charge in [0.05, 0.1) is 13.2 Å². The number of ether oxygens (including phenoxy) is 2. The van der Waals surface area contributed by atoms with Crippen molar-refractivity contribution in [2.75, 3.05) is 7.11 Å². The van der Waals surface area contributed by atoms with Gasteiger partial charge in [0.1, 0.15) is 17.1 Å². The summed E-state index contributed by atoms with van der Waals surface area (Å²) in [6.45, 7) is 4.07. The molecule has 2 aromatic rings. The quantitative estimate of drug-likeness (QED) is 0.939. The Hall–Kier alpha value is -2.49. The van der Waals surface area contributed by atoms with Crippen molar-refractivity contribution in [2.45, 2.75) is 31.9 Å². The molecule has 1 N–H and O–H groups in total. The van der Waals surface area contributed by atoms with Crippen LogP contribution in [0.2, 0.25) is 0 Å². The van der Waals surface area contributed by atoms with Gasteiger partial charge in [-0.25, -0.2) is 0 Å². The molecule has 120 valence electrons. The van der Waals surface area contributed by atoms with Crippen LogP contribution in [0.25, 0.3) is 0 Å². The van der Waals surface area contributed by atoms with E-state index < -0.39 is 0 Å². The minimum absolute atomic E-state index is 0.0753. The molecule has 4 nitrogen and oxygen atoms in total. The van der Waals surface area contributed by atoms with Crippen LogP contribution in [0.15, 0.2) is 48.5 Å². The highest BCUT2D eigenvalue weighted by Gasteiger charge is 2.34. The van der Waals surface area contributed by atoms with Gasteiger partial charge in [-0.1, -0.05) is 24.3 Å². The Bertz CT molecular complexity index is 724. The fourth-order valence-corrected chi connectivity index (χ4v) is 2.94. The first-order valence-corrected chi connectivity index (χ1v) is 7.71. The smallest absolute Gasteiger partial charge is 0.251 e. The molecule has 3 rings (SSSR count). The van der Waals surface area contributed by atoms with Crippen molar-refractivity contribution in [1.29, 1.82) is 0 Å². The second kappa shape index (κ2) is 5.95. The molecule has 1 aliphatic rings. The first kappa shape index (κ1) is 15.4. The van der Waals surface area contributed by atoms with Gasteiger partial charge in [0.2, 0.25) is 0 Å². The van der Waals surface area contributed by atoms with Crippen molar-refractivity contribution in [1.82, 2.24) is 5.32 Å². The van der Waals surface area contributed by atoms with Gasteiger partial charge >= 0.3 is 0 Å². The molecule has 4 heteroatoms. The van der Waals surface area contributed by atoms with Gasteiger partial charge in [-0.2, -0.15) is 0 Å². The fraction of sp³-hybridized carbons (Fsp3) is 0.316. The van der Waals surface area contributed by atoms with Crippen LogP contribution >= 0.6 is 0 Å². The van der Waals surface area contributed by atoms with Crippen LogP contribution in [0.1, 0.15) is 42.2 Å². The highest BCUT2D eigenvalue weighted by molar-refractivity contribution is 5.94. The summed E-state index contributed by atoms with van der Waals surface area (Å²) in [5, 5.41) is 3.12. The zero-order valence-corrected chi connectivity index (χ0v) is 13.6. The third kappa shape index (κ3) is 3.31. The lowest BCUT2D eigenvalue weighted by atomic mass is 9.89. The van der Waals surface area contributed by atoms with Crippen LogP contribution in [0.3, 0.4) is 0 Å². The Morgan fingerprint density at radius 1 is 1.22 bits per heavy atom. The summed E-state index contributed by atoms with van der Waals surface area (Å²) < 4.78 is 11.2. The van der Waals surface area contributed by atoms with Gasteiger partial charge in [-0.3, -0.25) is 4.79 Å². The summed E-state index contributed by atoms with van der Waals surface area (Å²) in [4.78, 5) is 12.6. The minimum atomic E-state index is -0.319. The molecule has 0 saturated heterocycles. The lowest BCUT2D eigenvalue weighted by Gasteiger charge is -2.37. The van der Waals surface area contributed by atoms with E-state index in [-0.39, 0.29) is 17.6 Å². The number of nitrogens with one attached hydrogen (secondary N) is 1. The molecule has 23 heavy (non-hydrogen) atoms. The number of hydrogen-bond donors (Lipinski definition) is 1. The Balaban J connectivity index is 1.85. The third-order valence-electron chi connectivity index (χ3n) is 4.01. The largest absolute Gasteiger partial charge is 0.497 e. The van der Waals surface area contributed by atoms with Crippen LogP contribution in [-0.4, -0.2) is 18.6 Å². The summed E-state index contributed by atoms with van der Waals surface area (Å²) in [5.74, 6) is 1.39. The number of para-hydroxylation sites is 1. The summed E-state index contributed by atoms with van der Waals surface area (Å²) in [6, 6.07) is 14.9. The minimum Gasteiger partial charge on any atom is -0.497 e. The predicted molar refractivity (Wildman–Crippen MR) is 89.0 cm³/mol. The monoisotopic (exact) mass is 311 g/mol. The number of benzene rings is 2. The zero-order valence-electron chi connectivity index (χ0n) is 13.6. The number of fused-ring (bicyclic) bond motifs is 1. The van der Waals surface area contributed by atoms with Crippen LogP contribution in [0, 0.1) is 0 Å². The Labute approximate surface area is 136 Å². The summed E-state index contributed by atoms with van der Waals surface area (Å²) in [5.41, 5.74) is 1.29. The second-order valence-corrected chi connectivity index (χ2v) is 6.36. The SMILES string of the molecule is COc1cccc(C(=O)N[C@H]2CC(C)(C)Oc3ccccc32)c1. The van der Waals surface area contributed by atoms with Gasteiger partial charge < -0.3 is 14.8 Å². The van der Waals surface area contributed by atoms with Crippen LogP contribution in [0.5, 0.6) is 11.5 Å². The van der Waals surface area contributed by atoms with Gasteiger partial charge in [0.25, 0.3) is 5.91 Å². The predicted octanol–water partition coefficient (Wildman–Crippen LogP) is 3.73. The van der Waals surface area contributed by atoms with E-state index in [1.54, 1.807) is 19.2 Å². The van der Waals surface area contributed by atoms with E-state index in [0.29, 0.717) is 11.3 Å². The molecule has 1 heterocycles.